The number of carbonyl (C=O) groups excluding carboxylic acids is 4. The fourth-order valence-electron chi connectivity index (χ4n) is 12.6. The van der Waals surface area contributed by atoms with Crippen LogP contribution in [0.4, 0.5) is 18.9 Å². The number of alkyl halides is 3. The topological polar surface area (TPSA) is 158 Å². The summed E-state index contributed by atoms with van der Waals surface area (Å²) in [6, 6.07) is 82.1. The molecule has 0 amide bonds. The van der Waals surface area contributed by atoms with Crippen LogP contribution in [0.1, 0.15) is 69.2 Å². The van der Waals surface area contributed by atoms with Gasteiger partial charge >= 0.3 is 30.1 Å². The van der Waals surface area contributed by atoms with E-state index >= 15 is 13.2 Å². The molecule has 0 aliphatic rings. The fraction of sp³-hybridized carbons (Fsp3) is 0.0588. The van der Waals surface area contributed by atoms with Crippen LogP contribution in [0.5, 0.6) is 0 Å². The highest BCUT2D eigenvalue weighted by Crippen LogP contribution is 2.43. The number of fused-ring (bicyclic) bond motifs is 6. The monoisotopic (exact) mass is 1340 g/mol. The van der Waals surface area contributed by atoms with E-state index in [1.165, 1.54) is 12.1 Å². The molecular weight excluding hydrogens is 1290 g/mol. The Balaban J connectivity index is 0.860. The van der Waals surface area contributed by atoms with Gasteiger partial charge in [0.1, 0.15) is 26.4 Å². The average Bonchev–Trinajstić information content (AvgIpc) is 1.53. The molecule has 0 atom stereocenters. The van der Waals surface area contributed by atoms with E-state index in [1.807, 2.05) is 138 Å². The zero-order valence-corrected chi connectivity index (χ0v) is 54.0. The second-order valence-electron chi connectivity index (χ2n) is 24.1. The van der Waals surface area contributed by atoms with Gasteiger partial charge in [0.2, 0.25) is 0 Å². The Morgan fingerprint density at radius 3 is 1.04 bits per heavy atom. The predicted molar refractivity (Wildman–Crippen MR) is 384 cm³/mol. The zero-order valence-electron chi connectivity index (χ0n) is 54.0. The third-order valence-corrected chi connectivity index (χ3v) is 17.6. The first-order valence-corrected chi connectivity index (χ1v) is 32.5. The Bertz CT molecular complexity index is 5560. The zero-order chi connectivity index (χ0) is 69.8. The highest BCUT2D eigenvalue weighted by molar-refractivity contribution is 6.14. The van der Waals surface area contributed by atoms with E-state index in [1.54, 1.807) is 138 Å². The number of halogens is 3. The smallest absolute Gasteiger partial charge is 0.417 e. The minimum atomic E-state index is -5.01. The van der Waals surface area contributed by atoms with Gasteiger partial charge in [0, 0.05) is 49.6 Å². The van der Waals surface area contributed by atoms with Gasteiger partial charge in [-0.25, -0.2) is 39.0 Å². The molecule has 15 aromatic rings. The molecule has 0 unspecified atom stereocenters. The largest absolute Gasteiger partial charge is 0.457 e. The van der Waals surface area contributed by atoms with E-state index in [0.717, 1.165) is 28.3 Å². The molecule has 12 aromatic carbocycles. The van der Waals surface area contributed by atoms with Crippen LogP contribution in [-0.4, -0.2) is 48.0 Å². The maximum absolute atomic E-state index is 16.3. The fourth-order valence-corrected chi connectivity index (χ4v) is 12.6. The van der Waals surface area contributed by atoms with Crippen molar-refractivity contribution < 1.29 is 51.3 Å². The van der Waals surface area contributed by atoms with E-state index in [4.69, 9.17) is 40.5 Å². The van der Waals surface area contributed by atoms with Crippen molar-refractivity contribution in [3.05, 3.63) is 347 Å². The Morgan fingerprint density at radius 1 is 0.343 bits per heavy atom. The molecule has 0 aliphatic heterocycles. The molecule has 0 bridgehead atoms. The molecule has 3 aromatic heterocycles. The number of carbonyl (C=O) groups is 4. The highest BCUT2D eigenvalue weighted by atomic mass is 19.4. The lowest BCUT2D eigenvalue weighted by molar-refractivity contribution is -0.137. The molecule has 0 N–H and O–H groups in total. The summed E-state index contributed by atoms with van der Waals surface area (Å²) in [5, 5.41) is 2.12. The maximum Gasteiger partial charge on any atom is 0.417 e. The van der Waals surface area contributed by atoms with Crippen molar-refractivity contribution in [2.24, 2.45) is 0 Å². The second-order valence-corrected chi connectivity index (χ2v) is 24.1. The van der Waals surface area contributed by atoms with Gasteiger partial charge in [0.15, 0.2) is 23.2 Å². The third-order valence-electron chi connectivity index (χ3n) is 17.6. The van der Waals surface area contributed by atoms with Crippen molar-refractivity contribution in [2.75, 3.05) is 0 Å². The van der Waals surface area contributed by atoms with Crippen molar-refractivity contribution in [3.8, 4) is 56.7 Å². The summed E-state index contributed by atoms with van der Waals surface area (Å²) < 4.78 is 75.6. The maximum atomic E-state index is 16.3. The van der Waals surface area contributed by atoms with Crippen molar-refractivity contribution >= 4 is 73.2 Å². The van der Waals surface area contributed by atoms with Gasteiger partial charge < -0.3 is 28.1 Å². The molecule has 0 fully saturated rings. The van der Waals surface area contributed by atoms with Crippen LogP contribution in [0, 0.1) is 6.57 Å². The average molecular weight is 1350 g/mol. The van der Waals surface area contributed by atoms with Gasteiger partial charge in [-0.05, 0) is 143 Å². The van der Waals surface area contributed by atoms with Crippen molar-refractivity contribution in [1.29, 1.82) is 0 Å². The quantitative estimate of drug-likeness (QED) is 0.0457. The lowest BCUT2D eigenvalue weighted by Crippen LogP contribution is -2.11. The lowest BCUT2D eigenvalue weighted by atomic mass is 9.97. The molecule has 0 saturated heterocycles. The number of nitrogens with zero attached hydrogens (tertiary/aromatic N) is 6. The summed E-state index contributed by atoms with van der Waals surface area (Å²) in [6.45, 7) is 7.89. The van der Waals surface area contributed by atoms with E-state index in [2.05, 4.69) is 4.85 Å². The van der Waals surface area contributed by atoms with Gasteiger partial charge in [0.05, 0.1) is 56.5 Å². The number of rotatable bonds is 18. The van der Waals surface area contributed by atoms with Gasteiger partial charge in [-0.1, -0.05) is 176 Å². The van der Waals surface area contributed by atoms with Gasteiger partial charge in [-0.3, -0.25) is 0 Å². The summed E-state index contributed by atoms with van der Waals surface area (Å²) in [7, 11) is 0. The van der Waals surface area contributed by atoms with Crippen LogP contribution in [0.25, 0.3) is 105 Å². The number of benzene rings is 12. The summed E-state index contributed by atoms with van der Waals surface area (Å²) in [5.41, 5.74) is 7.78. The van der Waals surface area contributed by atoms with Gasteiger partial charge in [-0.15, -0.1) is 0 Å². The van der Waals surface area contributed by atoms with E-state index < -0.39 is 35.6 Å². The van der Waals surface area contributed by atoms with Crippen LogP contribution in [0.3, 0.4) is 0 Å². The Kier molecular flexibility index (Phi) is 17.5. The summed E-state index contributed by atoms with van der Waals surface area (Å²) in [6.07, 6.45) is -5.01. The Labute approximate surface area is 581 Å². The molecule has 3 heterocycles. The van der Waals surface area contributed by atoms with Crippen molar-refractivity contribution in [1.82, 2.24) is 24.1 Å². The number of esters is 4. The molecule has 494 valence electrons. The molecule has 0 saturated carbocycles. The van der Waals surface area contributed by atoms with E-state index in [-0.39, 0.29) is 77.4 Å². The molecular formula is C85H55F3N6O8. The molecule has 0 aliphatic carbocycles. The summed E-state index contributed by atoms with van der Waals surface area (Å²) in [4.78, 5) is 73.7. The van der Waals surface area contributed by atoms with Gasteiger partial charge in [0.25, 0.3) is 0 Å². The summed E-state index contributed by atoms with van der Waals surface area (Å²) >= 11 is 0. The SMILES string of the molecule is [C-]#[N+]c1ccc(-c2cc(-n3c4ccc(C(=O)OCc5ccccc5)cc4c4cc(C(=O)OCc5ccccc5)ccc43)ccc2-c2nc(-c3ccccc3)nc(-c3ccc(-n4c5ccc(C(=O)OCc6ccccc6)cc5c5cc(C(=O)OCc6ccccc6)ccc54)cc3C(F)(F)F)n2)cc1. The standard InChI is InChI=1S/C85H55F3N6O8/c1-89-63-33-27-57(28-34-63)68-47-64(93-74-39-29-59(81(95)99-49-53-17-7-2-8-18-53)43-69(74)70-44-60(30-40-75(70)93)82(96)100-50-54-19-9-3-10-20-54)35-37-66(68)79-90-78(58-25-15-6-16-26-58)91-80(92-79)67-38-36-65(48-73(67)85(86,87)88)94-76-41-31-61(83(97)101-51-55-21-11-4-12-22-55)45-71(76)72-46-62(32-42-77(72)94)84(98)102-52-56-23-13-5-14-24-56/h2-48H,49-52H2. The number of ether oxygens (including phenoxy) is 4. The van der Waals surface area contributed by atoms with Crippen LogP contribution in [-0.2, 0) is 51.6 Å². The third kappa shape index (κ3) is 13.2. The normalized spacial score (nSPS) is 11.4. The first-order chi connectivity index (χ1) is 49.8. The van der Waals surface area contributed by atoms with E-state index in [9.17, 15) is 19.2 Å². The van der Waals surface area contributed by atoms with E-state index in [0.29, 0.717) is 77.2 Å². The van der Waals surface area contributed by atoms with Crippen LogP contribution >= 0.6 is 0 Å². The Hall–Kier alpha value is -13.6. The minimum Gasteiger partial charge on any atom is -0.457 e. The van der Waals surface area contributed by atoms with Crippen LogP contribution in [0.15, 0.2) is 285 Å². The second kappa shape index (κ2) is 27.7. The van der Waals surface area contributed by atoms with Crippen LogP contribution in [0.2, 0.25) is 0 Å². The molecule has 0 spiro atoms. The molecule has 102 heavy (non-hydrogen) atoms. The molecule has 17 heteroatoms. The molecule has 0 radical (unpaired) electrons. The lowest BCUT2D eigenvalue weighted by Gasteiger charge is -2.18. The highest BCUT2D eigenvalue weighted by Gasteiger charge is 2.36. The van der Waals surface area contributed by atoms with Crippen molar-refractivity contribution in [3.63, 3.8) is 0 Å². The number of aromatic nitrogens is 5. The first kappa shape index (κ1) is 64.4. The number of hydrogen-bond donors (Lipinski definition) is 0. The predicted octanol–water partition coefficient (Wildman–Crippen LogP) is 19.7. The first-order valence-electron chi connectivity index (χ1n) is 32.5. The molecule has 15 rings (SSSR count). The van der Waals surface area contributed by atoms with Gasteiger partial charge in [-0.2, -0.15) is 13.2 Å². The minimum absolute atomic E-state index is 0.00576. The number of hydrogen-bond acceptors (Lipinski definition) is 11. The Morgan fingerprint density at radius 2 is 0.676 bits per heavy atom. The molecule has 14 nitrogen and oxygen atoms in total. The van der Waals surface area contributed by atoms with Crippen LogP contribution < -0.4 is 0 Å². The summed E-state index contributed by atoms with van der Waals surface area (Å²) in [5.74, 6) is -2.60. The van der Waals surface area contributed by atoms with Crippen molar-refractivity contribution in [2.45, 2.75) is 32.6 Å².